The summed E-state index contributed by atoms with van der Waals surface area (Å²) in [6.45, 7) is -0.199. The van der Waals surface area contributed by atoms with Crippen LogP contribution in [0.5, 0.6) is 0 Å². The molecule has 0 bridgehead atoms. The Kier molecular flexibility index (Phi) is 20.2. The number of rotatable bonds is 18. The second-order valence-corrected chi connectivity index (χ2v) is 19.0. The summed E-state index contributed by atoms with van der Waals surface area (Å²) in [7, 11) is 0. The van der Waals surface area contributed by atoms with Crippen molar-refractivity contribution in [3.8, 4) is 0 Å². The Morgan fingerprint density at radius 3 is 1.77 bits per heavy atom. The summed E-state index contributed by atoms with van der Waals surface area (Å²) in [6.07, 6.45) is -50.2. The maximum Gasteiger partial charge on any atom is 0.367 e. The highest BCUT2D eigenvalue weighted by Crippen LogP contribution is 2.44. The van der Waals surface area contributed by atoms with Gasteiger partial charge in [0.05, 0.1) is 63.9 Å². The van der Waals surface area contributed by atoms with Crippen LogP contribution in [0.1, 0.15) is 13.3 Å². The van der Waals surface area contributed by atoms with Crippen LogP contribution in [-0.4, -0.2) is 317 Å². The zero-order valence-electron chi connectivity index (χ0n) is 39.6. The van der Waals surface area contributed by atoms with E-state index in [1.54, 1.807) is 0 Å². The average molecular weight is 1080 g/mol. The second kappa shape index (κ2) is 25.0. The monoisotopic (exact) mass is 1080 g/mol. The lowest BCUT2D eigenvalue weighted by Gasteiger charge is -2.55. The molecular weight excluding hydrogens is 1010 g/mol. The molecule has 0 radical (unpaired) electrons. The van der Waals surface area contributed by atoms with Crippen molar-refractivity contribution < 1.29 is 148 Å². The van der Waals surface area contributed by atoms with Gasteiger partial charge in [-0.05, 0) is 6.92 Å². The van der Waals surface area contributed by atoms with Crippen LogP contribution in [0.4, 0.5) is 0 Å². The zero-order chi connectivity index (χ0) is 54.2. The lowest BCUT2D eigenvalue weighted by Crippen LogP contribution is -2.75. The van der Waals surface area contributed by atoms with Crippen LogP contribution in [0, 0.1) is 0 Å². The van der Waals surface area contributed by atoms with Crippen LogP contribution >= 0.6 is 0 Å². The summed E-state index contributed by atoms with van der Waals surface area (Å²) in [4.78, 5) is 14.2. The van der Waals surface area contributed by atoms with E-state index in [0.717, 1.165) is 0 Å². The smallest absolute Gasteiger partial charge is 0.367 e. The summed E-state index contributed by atoms with van der Waals surface area (Å²) in [5.41, 5.74) is 12.8. The van der Waals surface area contributed by atoms with Crippen molar-refractivity contribution in [2.24, 2.45) is 11.5 Å². The Balaban J connectivity index is 1.21. The van der Waals surface area contributed by atoms with Gasteiger partial charge in [-0.2, -0.15) is 0 Å². The summed E-state index contributed by atoms with van der Waals surface area (Å²) in [6, 6.07) is -3.31. The third-order valence-electron chi connectivity index (χ3n) is 14.1. The molecule has 0 aromatic rings. The van der Waals surface area contributed by atoms with E-state index in [4.69, 9.17) is 73.0 Å². The first-order valence-electron chi connectivity index (χ1n) is 23.8. The van der Waals surface area contributed by atoms with Gasteiger partial charge in [0, 0.05) is 6.42 Å². The lowest BCUT2D eigenvalue weighted by atomic mass is 9.87. The van der Waals surface area contributed by atoms with Gasteiger partial charge in [0.2, 0.25) is 0 Å². The fourth-order valence-corrected chi connectivity index (χ4v) is 9.81. The molecule has 20 N–H and O–H groups in total. The molecule has 32 heteroatoms. The quantitative estimate of drug-likeness (QED) is 0.0448. The van der Waals surface area contributed by atoms with E-state index in [0.29, 0.717) is 0 Å². The number of hydrogen-bond donors (Lipinski definition) is 18. The van der Waals surface area contributed by atoms with E-state index >= 15 is 0 Å². The number of esters is 1. The Hall–Kier alpha value is -1.99. The highest BCUT2D eigenvalue weighted by Gasteiger charge is 2.66. The minimum atomic E-state index is -2.78. The van der Waals surface area contributed by atoms with Gasteiger partial charge in [0.25, 0.3) is 5.79 Å². The van der Waals surface area contributed by atoms with Gasteiger partial charge in [0.1, 0.15) is 122 Å². The van der Waals surface area contributed by atoms with Crippen molar-refractivity contribution in [2.75, 3.05) is 39.6 Å². The Morgan fingerprint density at radius 1 is 0.595 bits per heavy atom. The van der Waals surface area contributed by atoms with Crippen molar-refractivity contribution in [1.29, 1.82) is 0 Å². The summed E-state index contributed by atoms with van der Waals surface area (Å²) >= 11 is 0. The van der Waals surface area contributed by atoms with Gasteiger partial charge < -0.3 is 155 Å². The van der Waals surface area contributed by atoms with E-state index in [-0.39, 0.29) is 6.61 Å². The molecule has 7 aliphatic rings. The third-order valence-corrected chi connectivity index (χ3v) is 14.1. The van der Waals surface area contributed by atoms with Crippen molar-refractivity contribution in [2.45, 2.75) is 203 Å². The summed E-state index contributed by atoms with van der Waals surface area (Å²) < 4.78 is 76.6. The molecule has 428 valence electrons. The summed E-state index contributed by atoms with van der Waals surface area (Å²) in [5, 5.41) is 171. The fraction of sp³-hybridized carbons (Fsp3) is 0.929. The molecule has 74 heavy (non-hydrogen) atoms. The first kappa shape index (κ1) is 59.7. The van der Waals surface area contributed by atoms with Gasteiger partial charge in [-0.25, -0.2) is 4.79 Å². The van der Waals surface area contributed by atoms with Crippen molar-refractivity contribution >= 4 is 5.97 Å². The molecular formula is C42H70N2O30. The number of fused-ring (bicyclic) bond motifs is 1. The first-order valence-corrected chi connectivity index (χ1v) is 23.8. The maximum absolute atomic E-state index is 14.2. The van der Waals surface area contributed by atoms with Gasteiger partial charge in [-0.3, -0.25) is 0 Å². The highest BCUT2D eigenvalue weighted by molar-refractivity contribution is 5.79. The molecule has 31 atom stereocenters. The topological polar surface area (TPSA) is 513 Å². The van der Waals surface area contributed by atoms with E-state index in [9.17, 15) is 86.5 Å². The second-order valence-electron chi connectivity index (χ2n) is 19.0. The Bertz CT molecular complexity index is 1820. The van der Waals surface area contributed by atoms with Crippen molar-refractivity contribution in [3.05, 3.63) is 12.7 Å². The molecule has 7 heterocycles. The van der Waals surface area contributed by atoms with Crippen LogP contribution in [0.15, 0.2) is 12.7 Å². The van der Waals surface area contributed by atoms with Gasteiger partial charge in [-0.15, -0.1) is 6.58 Å². The molecule has 0 aliphatic carbocycles. The van der Waals surface area contributed by atoms with Crippen molar-refractivity contribution in [3.63, 3.8) is 0 Å². The molecule has 7 saturated heterocycles. The number of aliphatic hydroxyl groups is 16. The largest absolute Gasteiger partial charge is 0.450 e. The standard InChI is InChI=1S/C42H70N2O30/c1-3-4-62-37-28(60)26(58)29(16(9-48)66-37)68-40-35-34(74-42(41(61)72-35)5-12(50)18(43)32(73-42)21(53)13(51)6-45)30(17(10-49)67-40)69-36-19(44)31(23(55)15(8-47)64-36)70-39-33(25(57)22(54)14(7-46)65-39)71-38-27(59)24(56)20(52)11(2)63-38/h3,11-40,45-60H,1,4-10,43-44H2,2H3/t11?,12?,13-,14?,15?,16?,17?,18?,19?,20+,21-,22+,23+,24+,25+,26-,27?,28?,29-,30+,31-,32-,33?,34+,35?,36+,37-,38+,39+,40+,42+/m1/s1. The van der Waals surface area contributed by atoms with Crippen LogP contribution in [-0.2, 0) is 66.4 Å². The Morgan fingerprint density at radius 2 is 1.14 bits per heavy atom. The molecule has 0 saturated carbocycles. The summed E-state index contributed by atoms with van der Waals surface area (Å²) in [5.74, 6) is -4.22. The van der Waals surface area contributed by atoms with Crippen LogP contribution in [0.25, 0.3) is 0 Å². The maximum atomic E-state index is 14.2. The van der Waals surface area contributed by atoms with Gasteiger partial charge >= 0.3 is 5.97 Å². The predicted octanol–water partition coefficient (Wildman–Crippen LogP) is -12.2. The van der Waals surface area contributed by atoms with Crippen LogP contribution < -0.4 is 11.5 Å². The average Bonchev–Trinajstić information content (AvgIpc) is 3.38. The molecule has 0 aromatic carbocycles. The molecule has 32 nitrogen and oxygen atoms in total. The minimum Gasteiger partial charge on any atom is -0.450 e. The van der Waals surface area contributed by atoms with E-state index in [1.165, 1.54) is 13.0 Å². The molecule has 12 unspecified atom stereocenters. The number of carbonyl (C=O) groups is 1. The molecule has 7 rings (SSSR count). The Labute approximate surface area is 420 Å². The fourth-order valence-electron chi connectivity index (χ4n) is 9.81. The SMILES string of the molecule is C=CCO[C@@H]1OC(CO)[C@@H](O[C@@H]2OC(CO)[C@H](O[C@@H]3OC(CO)[C@H](O)[C@H](O[C@@H]4OC(CO)[C@H](O)[C@H](O)C4O[C@@H]4OC(C)[C@H](O)[C@H](O)C4O)C3N)[C@@H]3O[C@@]4(CC(O)C(N)[C@H]([C@H](O)[C@H](O)CO)O4)C(=O)OC23)[C@H](O)C1O. The third kappa shape index (κ3) is 11.7. The highest BCUT2D eigenvalue weighted by atomic mass is 16.8. The number of carbonyl (C=O) groups excluding carboxylic acids is 1. The van der Waals surface area contributed by atoms with Crippen LogP contribution in [0.3, 0.4) is 0 Å². The van der Waals surface area contributed by atoms with E-state index in [2.05, 4.69) is 6.58 Å². The van der Waals surface area contributed by atoms with E-state index in [1.807, 2.05) is 0 Å². The van der Waals surface area contributed by atoms with Crippen LogP contribution in [0.2, 0.25) is 0 Å². The van der Waals surface area contributed by atoms with Crippen molar-refractivity contribution in [1.82, 2.24) is 0 Å². The predicted molar refractivity (Wildman–Crippen MR) is 229 cm³/mol. The normalized spacial score (nSPS) is 50.9. The molecule has 7 fully saturated rings. The number of ether oxygens (including phenoxy) is 13. The van der Waals surface area contributed by atoms with Gasteiger partial charge in [-0.1, -0.05) is 6.08 Å². The first-order chi connectivity index (χ1) is 35.1. The molecule has 0 aromatic heterocycles. The number of hydrogen-bond acceptors (Lipinski definition) is 32. The minimum absolute atomic E-state index is 0.154. The molecule has 1 spiro atoms. The lowest BCUT2D eigenvalue weighted by molar-refractivity contribution is -0.421. The molecule has 7 aliphatic heterocycles. The molecule has 0 amide bonds. The zero-order valence-corrected chi connectivity index (χ0v) is 39.6. The van der Waals surface area contributed by atoms with Gasteiger partial charge in [0.15, 0.2) is 37.6 Å². The number of nitrogens with two attached hydrogens (primary N) is 2. The van der Waals surface area contributed by atoms with E-state index < -0.39 is 235 Å². The number of aliphatic hydroxyl groups excluding tert-OH is 16.